The first-order valence-electron chi connectivity index (χ1n) is 11.6. The molecule has 7 atom stereocenters. The number of anilines is 1. The Morgan fingerprint density at radius 2 is 1.97 bits per heavy atom. The van der Waals surface area contributed by atoms with Gasteiger partial charge in [-0.2, -0.15) is 5.11 Å². The molecule has 0 radical (unpaired) electrons. The molecular weight excluding hydrogens is 360 g/mol. The quantitative estimate of drug-likeness (QED) is 0.598. The molecule has 1 aliphatic heterocycles. The molecule has 5 aliphatic rings. The van der Waals surface area contributed by atoms with E-state index in [1.807, 2.05) is 6.07 Å². The zero-order valence-electron chi connectivity index (χ0n) is 17.7. The van der Waals surface area contributed by atoms with Crippen LogP contribution in [0.4, 0.5) is 11.5 Å². The molecule has 6 rings (SSSR count). The minimum Gasteiger partial charge on any atom is -0.357 e. The van der Waals surface area contributed by atoms with Gasteiger partial charge in [-0.15, -0.1) is 5.11 Å². The summed E-state index contributed by atoms with van der Waals surface area (Å²) >= 11 is 0. The number of fused-ring (bicyclic) bond motifs is 6. The van der Waals surface area contributed by atoms with E-state index >= 15 is 0 Å². The van der Waals surface area contributed by atoms with Gasteiger partial charge in [0, 0.05) is 18.0 Å². The molecule has 0 amide bonds. The van der Waals surface area contributed by atoms with Gasteiger partial charge in [0.05, 0.1) is 5.69 Å². The number of aromatic nitrogens is 1. The van der Waals surface area contributed by atoms with Crippen LogP contribution >= 0.6 is 0 Å². The third-order valence-electron chi connectivity index (χ3n) is 9.93. The van der Waals surface area contributed by atoms with E-state index in [9.17, 15) is 4.79 Å². The number of nitrogens with zero attached hydrogens (tertiary/aromatic N) is 3. The van der Waals surface area contributed by atoms with Crippen molar-refractivity contribution in [2.75, 3.05) is 5.32 Å². The number of nitrogens with one attached hydrogen (secondary N) is 1. The van der Waals surface area contributed by atoms with E-state index in [1.165, 1.54) is 25.7 Å². The van der Waals surface area contributed by atoms with Gasteiger partial charge in [0.2, 0.25) is 0 Å². The Labute approximate surface area is 173 Å². The van der Waals surface area contributed by atoms with E-state index in [2.05, 4.69) is 35.3 Å². The number of hydrogen-bond acceptors (Lipinski definition) is 5. The summed E-state index contributed by atoms with van der Waals surface area (Å²) < 4.78 is 0. The summed E-state index contributed by atoms with van der Waals surface area (Å²) in [5.74, 6) is 4.11. The number of carbonyl (C=O) groups is 1. The largest absolute Gasteiger partial charge is 0.357 e. The predicted molar refractivity (Wildman–Crippen MR) is 112 cm³/mol. The van der Waals surface area contributed by atoms with Crippen molar-refractivity contribution in [3.63, 3.8) is 0 Å². The SMILES string of the molecule is C[C@]12CCC3(C[C@H]1CC[C@@H]1[C@@H]2CC[C@]2(C)C(=O)CC[C@@H]12)N=Nc1ncccc1N3. The van der Waals surface area contributed by atoms with Crippen LogP contribution in [0.2, 0.25) is 0 Å². The molecule has 1 unspecified atom stereocenters. The van der Waals surface area contributed by atoms with Gasteiger partial charge in [-0.3, -0.25) is 4.79 Å². The second-order valence-corrected chi connectivity index (χ2v) is 11.0. The maximum atomic E-state index is 12.6. The van der Waals surface area contributed by atoms with Crippen LogP contribution in [0.15, 0.2) is 28.6 Å². The lowest BCUT2D eigenvalue weighted by Crippen LogP contribution is -2.57. The Kier molecular flexibility index (Phi) is 3.66. The van der Waals surface area contributed by atoms with Gasteiger partial charge < -0.3 is 5.32 Å². The van der Waals surface area contributed by atoms with E-state index in [4.69, 9.17) is 5.11 Å². The van der Waals surface area contributed by atoms with E-state index < -0.39 is 0 Å². The highest BCUT2D eigenvalue weighted by Gasteiger charge is 2.61. The van der Waals surface area contributed by atoms with Crippen molar-refractivity contribution in [2.45, 2.75) is 77.3 Å². The van der Waals surface area contributed by atoms with Crippen LogP contribution in [0.5, 0.6) is 0 Å². The van der Waals surface area contributed by atoms with Crippen molar-refractivity contribution in [1.82, 2.24) is 4.98 Å². The van der Waals surface area contributed by atoms with Crippen molar-refractivity contribution >= 4 is 17.3 Å². The van der Waals surface area contributed by atoms with Crippen LogP contribution in [0, 0.1) is 34.5 Å². The fourth-order valence-corrected chi connectivity index (χ4v) is 8.21. The third kappa shape index (κ3) is 2.39. The maximum absolute atomic E-state index is 12.6. The summed E-state index contributed by atoms with van der Waals surface area (Å²) in [6, 6.07) is 4.05. The van der Waals surface area contributed by atoms with Gasteiger partial charge in [0.25, 0.3) is 0 Å². The summed E-state index contributed by atoms with van der Waals surface area (Å²) in [4.78, 5) is 17.0. The molecule has 0 bridgehead atoms. The van der Waals surface area contributed by atoms with Gasteiger partial charge in [0.15, 0.2) is 11.5 Å². The van der Waals surface area contributed by atoms with Gasteiger partial charge in [-0.1, -0.05) is 13.8 Å². The topological polar surface area (TPSA) is 66.7 Å². The first kappa shape index (κ1) is 18.0. The summed E-state index contributed by atoms with van der Waals surface area (Å²) in [6.07, 6.45) is 12.0. The predicted octanol–water partition coefficient (Wildman–Crippen LogP) is 5.90. The van der Waals surface area contributed by atoms with Gasteiger partial charge in [-0.25, -0.2) is 4.98 Å². The van der Waals surface area contributed by atoms with Crippen LogP contribution < -0.4 is 5.32 Å². The first-order chi connectivity index (χ1) is 13.9. The molecule has 1 aromatic rings. The highest BCUT2D eigenvalue weighted by molar-refractivity contribution is 5.87. The molecule has 1 aromatic heterocycles. The van der Waals surface area contributed by atoms with Crippen molar-refractivity contribution in [1.29, 1.82) is 0 Å². The highest BCUT2D eigenvalue weighted by atomic mass is 16.1. The maximum Gasteiger partial charge on any atom is 0.197 e. The number of pyridine rings is 1. The van der Waals surface area contributed by atoms with E-state index in [0.717, 1.165) is 49.6 Å². The molecule has 29 heavy (non-hydrogen) atoms. The molecule has 4 fully saturated rings. The molecule has 4 saturated carbocycles. The average Bonchev–Trinajstić information content (AvgIpc) is 3.03. The molecule has 154 valence electrons. The summed E-state index contributed by atoms with van der Waals surface area (Å²) in [7, 11) is 0. The number of Topliss-reactive ketones (excluding diaryl/α,β-unsaturated/α-hetero) is 1. The molecule has 1 spiro atoms. The first-order valence-corrected chi connectivity index (χ1v) is 11.6. The lowest BCUT2D eigenvalue weighted by molar-refractivity contribution is -0.140. The fourth-order valence-electron chi connectivity index (χ4n) is 8.21. The van der Waals surface area contributed by atoms with E-state index in [1.54, 1.807) is 6.20 Å². The molecular formula is C24H32N4O. The molecule has 1 N–H and O–H groups in total. The van der Waals surface area contributed by atoms with E-state index in [0.29, 0.717) is 28.9 Å². The summed E-state index contributed by atoms with van der Waals surface area (Å²) in [5, 5.41) is 13.0. The lowest BCUT2D eigenvalue weighted by Gasteiger charge is -2.61. The standard InChI is InChI=1S/C24H32N4O/c1-22-11-12-24(26-19-4-3-13-25-21(19)27-28-24)14-15(22)5-6-16-17-7-8-20(29)23(17,2)10-9-18(16)22/h3-4,13,15-18,26H,5-12,14H2,1-2H3/t15-,16+,17+,18+,22+,23+,24?/m1/s1. The molecule has 0 aromatic carbocycles. The Balaban J connectivity index is 1.27. The number of carbonyl (C=O) groups excluding carboxylic acids is 1. The van der Waals surface area contributed by atoms with E-state index in [-0.39, 0.29) is 11.1 Å². The summed E-state index contributed by atoms with van der Waals surface area (Å²) in [6.45, 7) is 4.85. The molecule has 2 heterocycles. The van der Waals surface area contributed by atoms with Crippen LogP contribution in [-0.4, -0.2) is 16.4 Å². The van der Waals surface area contributed by atoms with Crippen molar-refractivity contribution < 1.29 is 4.79 Å². The van der Waals surface area contributed by atoms with Crippen LogP contribution in [0.25, 0.3) is 0 Å². The highest BCUT2D eigenvalue weighted by Crippen LogP contribution is 2.66. The smallest absolute Gasteiger partial charge is 0.197 e. The van der Waals surface area contributed by atoms with Crippen LogP contribution in [0.1, 0.15) is 71.6 Å². The van der Waals surface area contributed by atoms with Gasteiger partial charge >= 0.3 is 0 Å². The Morgan fingerprint density at radius 1 is 1.07 bits per heavy atom. The normalized spacial score (nSPS) is 47.7. The Morgan fingerprint density at radius 3 is 2.86 bits per heavy atom. The number of rotatable bonds is 0. The third-order valence-corrected chi connectivity index (χ3v) is 9.93. The average molecular weight is 393 g/mol. The monoisotopic (exact) mass is 392 g/mol. The fraction of sp³-hybridized carbons (Fsp3) is 0.750. The second-order valence-electron chi connectivity index (χ2n) is 11.0. The molecule has 0 saturated heterocycles. The van der Waals surface area contributed by atoms with Gasteiger partial charge in [-0.05, 0) is 92.6 Å². The minimum atomic E-state index is -0.250. The minimum absolute atomic E-state index is 0.0178. The van der Waals surface area contributed by atoms with Crippen molar-refractivity contribution in [3.8, 4) is 0 Å². The Hall–Kier alpha value is -1.78. The molecule has 5 nitrogen and oxygen atoms in total. The van der Waals surface area contributed by atoms with Crippen molar-refractivity contribution in [2.24, 2.45) is 44.7 Å². The summed E-state index contributed by atoms with van der Waals surface area (Å²) in [5.41, 5.74) is 1.14. The number of hydrogen-bond donors (Lipinski definition) is 1. The van der Waals surface area contributed by atoms with Crippen LogP contribution in [-0.2, 0) is 4.79 Å². The number of ketones is 1. The second kappa shape index (κ2) is 5.89. The zero-order valence-corrected chi connectivity index (χ0v) is 17.7. The Bertz CT molecular complexity index is 899. The van der Waals surface area contributed by atoms with Crippen molar-refractivity contribution in [3.05, 3.63) is 18.3 Å². The molecule has 4 aliphatic carbocycles. The van der Waals surface area contributed by atoms with Gasteiger partial charge in [0.1, 0.15) is 5.78 Å². The zero-order chi connectivity index (χ0) is 19.9. The van der Waals surface area contributed by atoms with Crippen LogP contribution in [0.3, 0.4) is 0 Å². The number of azo groups is 1. The molecule has 5 heteroatoms. The lowest BCUT2D eigenvalue weighted by atomic mass is 9.44.